The fraction of sp³-hybridized carbons (Fsp3) is 0.267. The topological polar surface area (TPSA) is 73.9 Å². The molecule has 0 spiro atoms. The number of carbonyl (C=O) groups excluding carboxylic acids is 1. The van der Waals surface area contributed by atoms with E-state index in [-0.39, 0.29) is 5.91 Å². The zero-order valence-electron chi connectivity index (χ0n) is 12.7. The van der Waals surface area contributed by atoms with Crippen molar-refractivity contribution in [3.8, 4) is 0 Å². The van der Waals surface area contributed by atoms with E-state index in [1.54, 1.807) is 5.38 Å². The maximum Gasteiger partial charge on any atom is 0.277 e. The summed E-state index contributed by atoms with van der Waals surface area (Å²) in [5.41, 5.74) is 3.25. The van der Waals surface area contributed by atoms with E-state index in [0.717, 1.165) is 28.1 Å². The maximum atomic E-state index is 12.2. The summed E-state index contributed by atoms with van der Waals surface area (Å²) in [6.45, 7) is 2.71. The number of thiazole rings is 1. The second kappa shape index (κ2) is 5.86. The van der Waals surface area contributed by atoms with E-state index < -0.39 is 0 Å². The molecule has 0 bridgehead atoms. The fourth-order valence-corrected chi connectivity index (χ4v) is 3.06. The van der Waals surface area contributed by atoms with Gasteiger partial charge in [0.1, 0.15) is 10.7 Å². The Hall–Kier alpha value is -2.25. The fourth-order valence-electron chi connectivity index (χ4n) is 2.16. The van der Waals surface area contributed by atoms with Crippen molar-refractivity contribution in [1.29, 1.82) is 0 Å². The first-order valence-corrected chi connectivity index (χ1v) is 7.76. The highest BCUT2D eigenvalue weighted by Gasteiger charge is 2.13. The van der Waals surface area contributed by atoms with Crippen molar-refractivity contribution in [3.05, 3.63) is 39.8 Å². The van der Waals surface area contributed by atoms with Crippen LogP contribution in [0, 0.1) is 6.92 Å². The van der Waals surface area contributed by atoms with E-state index in [1.807, 2.05) is 44.1 Å². The normalized spacial score (nSPS) is 11.3. The van der Waals surface area contributed by atoms with Gasteiger partial charge in [-0.3, -0.25) is 10.1 Å². The van der Waals surface area contributed by atoms with E-state index in [9.17, 15) is 4.79 Å². The van der Waals surface area contributed by atoms with E-state index in [1.165, 1.54) is 11.3 Å². The van der Waals surface area contributed by atoms with Crippen LogP contribution in [0.25, 0.3) is 11.0 Å². The molecule has 0 saturated carbocycles. The number of anilines is 1. The summed E-state index contributed by atoms with van der Waals surface area (Å²) in [6, 6.07) is 5.88. The van der Waals surface area contributed by atoms with Crippen LogP contribution in [0.1, 0.15) is 21.1 Å². The number of aryl methyl sites for hydroxylation is 1. The molecule has 3 rings (SSSR count). The predicted octanol–water partition coefficient (Wildman–Crippen LogP) is 2.64. The molecule has 114 valence electrons. The number of imidazole rings is 1. The number of carbonyl (C=O) groups is 1. The van der Waals surface area contributed by atoms with E-state index in [2.05, 4.69) is 20.3 Å². The SMILES string of the molecule is Cc1cccc2[nH]c(NC(=O)c3csc(CN(C)C)n3)nc12. The van der Waals surface area contributed by atoms with Crippen molar-refractivity contribution >= 4 is 34.2 Å². The zero-order valence-corrected chi connectivity index (χ0v) is 13.5. The van der Waals surface area contributed by atoms with Gasteiger partial charge in [-0.1, -0.05) is 12.1 Å². The summed E-state index contributed by atoms with van der Waals surface area (Å²) in [5, 5.41) is 5.45. The number of aromatic amines is 1. The molecule has 1 aromatic carbocycles. The molecule has 1 amide bonds. The van der Waals surface area contributed by atoms with Crippen LogP contribution in [0.2, 0.25) is 0 Å². The van der Waals surface area contributed by atoms with Gasteiger partial charge in [0.25, 0.3) is 5.91 Å². The summed E-state index contributed by atoms with van der Waals surface area (Å²) in [6.07, 6.45) is 0. The lowest BCUT2D eigenvalue weighted by atomic mass is 10.2. The number of fused-ring (bicyclic) bond motifs is 1. The van der Waals surface area contributed by atoms with Crippen LogP contribution in [-0.4, -0.2) is 39.9 Å². The van der Waals surface area contributed by atoms with Crippen LogP contribution in [0.5, 0.6) is 0 Å². The van der Waals surface area contributed by atoms with Crippen LogP contribution in [0.15, 0.2) is 23.6 Å². The third-order valence-corrected chi connectivity index (χ3v) is 4.02. The number of rotatable bonds is 4. The first-order valence-electron chi connectivity index (χ1n) is 6.89. The average Bonchev–Trinajstić information content (AvgIpc) is 3.05. The Morgan fingerprint density at radius 3 is 2.91 bits per heavy atom. The van der Waals surface area contributed by atoms with Crippen LogP contribution in [0.3, 0.4) is 0 Å². The highest BCUT2D eigenvalue weighted by Crippen LogP contribution is 2.18. The average molecular weight is 315 g/mol. The Morgan fingerprint density at radius 2 is 2.18 bits per heavy atom. The van der Waals surface area contributed by atoms with Gasteiger partial charge in [-0.25, -0.2) is 9.97 Å². The van der Waals surface area contributed by atoms with Gasteiger partial charge in [0.15, 0.2) is 0 Å². The predicted molar refractivity (Wildman–Crippen MR) is 88.3 cm³/mol. The molecule has 22 heavy (non-hydrogen) atoms. The van der Waals surface area contributed by atoms with Gasteiger partial charge in [0.2, 0.25) is 5.95 Å². The number of H-pyrrole nitrogens is 1. The van der Waals surface area contributed by atoms with E-state index in [4.69, 9.17) is 0 Å². The molecule has 2 N–H and O–H groups in total. The highest BCUT2D eigenvalue weighted by molar-refractivity contribution is 7.09. The molecule has 0 fully saturated rings. The summed E-state index contributed by atoms with van der Waals surface area (Å²) in [7, 11) is 3.94. The molecule has 0 atom stereocenters. The molecule has 2 heterocycles. The van der Waals surface area contributed by atoms with Crippen molar-refractivity contribution in [2.24, 2.45) is 0 Å². The second-order valence-corrected chi connectivity index (χ2v) is 6.32. The summed E-state index contributed by atoms with van der Waals surface area (Å²) < 4.78 is 0. The van der Waals surface area contributed by atoms with Crippen molar-refractivity contribution in [3.63, 3.8) is 0 Å². The highest BCUT2D eigenvalue weighted by atomic mass is 32.1. The van der Waals surface area contributed by atoms with Crippen molar-refractivity contribution in [2.45, 2.75) is 13.5 Å². The van der Waals surface area contributed by atoms with Crippen LogP contribution >= 0.6 is 11.3 Å². The van der Waals surface area contributed by atoms with Gasteiger partial charge in [-0.2, -0.15) is 0 Å². The van der Waals surface area contributed by atoms with Crippen LogP contribution in [0.4, 0.5) is 5.95 Å². The van der Waals surface area contributed by atoms with Gasteiger partial charge >= 0.3 is 0 Å². The Balaban J connectivity index is 1.78. The Bertz CT molecular complexity index is 820. The number of aromatic nitrogens is 3. The zero-order chi connectivity index (χ0) is 15.7. The lowest BCUT2D eigenvalue weighted by Gasteiger charge is -2.04. The molecule has 0 radical (unpaired) electrons. The minimum absolute atomic E-state index is 0.252. The summed E-state index contributed by atoms with van der Waals surface area (Å²) in [4.78, 5) is 26.1. The van der Waals surface area contributed by atoms with Crippen molar-refractivity contribution in [2.75, 3.05) is 19.4 Å². The Morgan fingerprint density at radius 1 is 1.36 bits per heavy atom. The standard InChI is InChI=1S/C15H17N5OS/c1-9-5-4-6-10-13(9)18-15(17-10)19-14(21)11-8-22-12(16-11)7-20(2)3/h4-6,8H,7H2,1-3H3,(H2,17,18,19,21). The molecular weight excluding hydrogens is 298 g/mol. The number of hydrogen-bond donors (Lipinski definition) is 2. The number of nitrogens with one attached hydrogen (secondary N) is 2. The molecule has 7 heteroatoms. The number of amides is 1. The van der Waals surface area contributed by atoms with Crippen LogP contribution in [-0.2, 0) is 6.54 Å². The third kappa shape index (κ3) is 3.00. The number of benzene rings is 1. The molecule has 0 aliphatic rings. The molecule has 0 unspecified atom stereocenters. The first-order chi connectivity index (χ1) is 10.5. The quantitative estimate of drug-likeness (QED) is 0.776. The Labute approximate surface area is 132 Å². The monoisotopic (exact) mass is 315 g/mol. The first kappa shape index (κ1) is 14.7. The molecular formula is C15H17N5OS. The molecule has 0 saturated heterocycles. The Kier molecular flexibility index (Phi) is 3.91. The lowest BCUT2D eigenvalue weighted by molar-refractivity contribution is 0.102. The smallest absolute Gasteiger partial charge is 0.277 e. The van der Waals surface area contributed by atoms with Gasteiger partial charge in [-0.15, -0.1) is 11.3 Å². The summed E-state index contributed by atoms with van der Waals surface area (Å²) in [5.74, 6) is 0.189. The minimum Gasteiger partial charge on any atom is -0.324 e. The molecule has 0 aliphatic heterocycles. The molecule has 3 aromatic rings. The number of para-hydroxylation sites is 1. The van der Waals surface area contributed by atoms with Gasteiger partial charge in [-0.05, 0) is 32.6 Å². The van der Waals surface area contributed by atoms with Gasteiger partial charge in [0, 0.05) is 11.9 Å². The number of nitrogens with zero attached hydrogens (tertiary/aromatic N) is 3. The lowest BCUT2D eigenvalue weighted by Crippen LogP contribution is -2.14. The summed E-state index contributed by atoms with van der Waals surface area (Å²) >= 11 is 1.48. The van der Waals surface area contributed by atoms with Crippen LogP contribution < -0.4 is 5.32 Å². The van der Waals surface area contributed by atoms with E-state index >= 15 is 0 Å². The largest absolute Gasteiger partial charge is 0.324 e. The third-order valence-electron chi connectivity index (χ3n) is 3.18. The van der Waals surface area contributed by atoms with Crippen molar-refractivity contribution in [1.82, 2.24) is 19.9 Å². The second-order valence-electron chi connectivity index (χ2n) is 5.37. The van der Waals surface area contributed by atoms with E-state index in [0.29, 0.717) is 11.6 Å². The molecule has 0 aliphatic carbocycles. The molecule has 6 nitrogen and oxygen atoms in total. The maximum absolute atomic E-state index is 12.2. The van der Waals surface area contributed by atoms with Gasteiger partial charge in [0.05, 0.1) is 11.0 Å². The molecule has 2 aromatic heterocycles. The van der Waals surface area contributed by atoms with Gasteiger partial charge < -0.3 is 9.88 Å². The minimum atomic E-state index is -0.252. The number of hydrogen-bond acceptors (Lipinski definition) is 5. The van der Waals surface area contributed by atoms with Crippen molar-refractivity contribution < 1.29 is 4.79 Å².